The van der Waals surface area contributed by atoms with E-state index in [2.05, 4.69) is 6.92 Å². The number of pyridine rings is 1. The van der Waals surface area contributed by atoms with E-state index in [-0.39, 0.29) is 5.56 Å². The highest BCUT2D eigenvalue weighted by molar-refractivity contribution is 5.66. The topological polar surface area (TPSA) is 34.4 Å². The van der Waals surface area contributed by atoms with E-state index in [0.29, 0.717) is 0 Å². The minimum Gasteiger partial charge on any atom is -0.268 e. The van der Waals surface area contributed by atoms with Gasteiger partial charge >= 0.3 is 0 Å². The van der Waals surface area contributed by atoms with E-state index in [9.17, 15) is 4.79 Å². The molecule has 0 spiro atoms. The lowest BCUT2D eigenvalue weighted by molar-refractivity contribution is 0.774. The summed E-state index contributed by atoms with van der Waals surface area (Å²) in [6, 6.07) is 13.8. The Balaban J connectivity index is 2.30. The molecule has 3 rings (SSSR count). The summed E-state index contributed by atoms with van der Waals surface area (Å²) < 4.78 is 1.66. The van der Waals surface area contributed by atoms with Crippen molar-refractivity contribution in [2.75, 3.05) is 0 Å². The summed E-state index contributed by atoms with van der Waals surface area (Å²) >= 11 is 0. The molecule has 0 N–H and O–H groups in total. The normalized spacial score (nSPS) is 11.0. The molecule has 2 heterocycles. The van der Waals surface area contributed by atoms with E-state index < -0.39 is 0 Å². The standard InChI is InChI=1S/C19H20N2O/c1-3-4-10-16-18(15-8-6-5-7-9-15)19(22)21-13-14(2)11-12-17(21)20-16/h5-9,11-13H,3-4,10H2,1-2H3. The molecule has 22 heavy (non-hydrogen) atoms. The van der Waals surface area contributed by atoms with Crippen LogP contribution in [-0.2, 0) is 6.42 Å². The number of rotatable bonds is 4. The van der Waals surface area contributed by atoms with E-state index in [1.165, 1.54) is 0 Å². The van der Waals surface area contributed by atoms with Crippen LogP contribution in [-0.4, -0.2) is 9.38 Å². The van der Waals surface area contributed by atoms with Crippen molar-refractivity contribution in [1.82, 2.24) is 9.38 Å². The molecule has 3 heteroatoms. The lowest BCUT2D eigenvalue weighted by Crippen LogP contribution is -2.20. The maximum absolute atomic E-state index is 13.0. The van der Waals surface area contributed by atoms with Gasteiger partial charge in [0.25, 0.3) is 5.56 Å². The lowest BCUT2D eigenvalue weighted by atomic mass is 10.0. The Morgan fingerprint density at radius 3 is 2.59 bits per heavy atom. The molecular weight excluding hydrogens is 272 g/mol. The summed E-state index contributed by atoms with van der Waals surface area (Å²) in [4.78, 5) is 17.7. The van der Waals surface area contributed by atoms with Crippen molar-refractivity contribution in [3.05, 3.63) is 70.3 Å². The van der Waals surface area contributed by atoms with Crippen molar-refractivity contribution in [2.45, 2.75) is 33.1 Å². The predicted octanol–water partition coefficient (Wildman–Crippen LogP) is 4.01. The Hall–Kier alpha value is -2.42. The van der Waals surface area contributed by atoms with Crippen molar-refractivity contribution in [3.63, 3.8) is 0 Å². The van der Waals surface area contributed by atoms with Gasteiger partial charge < -0.3 is 0 Å². The average molecular weight is 292 g/mol. The molecule has 0 amide bonds. The third-order valence-corrected chi connectivity index (χ3v) is 3.88. The zero-order valence-corrected chi connectivity index (χ0v) is 13.0. The van der Waals surface area contributed by atoms with E-state index in [4.69, 9.17) is 4.98 Å². The second-order valence-corrected chi connectivity index (χ2v) is 5.64. The van der Waals surface area contributed by atoms with Crippen LogP contribution in [0.3, 0.4) is 0 Å². The largest absolute Gasteiger partial charge is 0.268 e. The fraction of sp³-hybridized carbons (Fsp3) is 0.263. The predicted molar refractivity (Wildman–Crippen MR) is 90.2 cm³/mol. The third kappa shape index (κ3) is 2.67. The van der Waals surface area contributed by atoms with Gasteiger partial charge in [0.15, 0.2) is 0 Å². The Morgan fingerprint density at radius 1 is 1.09 bits per heavy atom. The van der Waals surface area contributed by atoms with Gasteiger partial charge in [0.2, 0.25) is 0 Å². The van der Waals surface area contributed by atoms with Gasteiger partial charge in [-0.25, -0.2) is 4.98 Å². The fourth-order valence-corrected chi connectivity index (χ4v) is 2.71. The molecule has 0 radical (unpaired) electrons. The summed E-state index contributed by atoms with van der Waals surface area (Å²) in [6.45, 7) is 4.14. The van der Waals surface area contributed by atoms with Crippen LogP contribution in [0.15, 0.2) is 53.5 Å². The zero-order chi connectivity index (χ0) is 15.5. The van der Waals surface area contributed by atoms with Crippen LogP contribution in [0.25, 0.3) is 16.8 Å². The molecule has 0 unspecified atom stereocenters. The van der Waals surface area contributed by atoms with Crippen LogP contribution in [0.1, 0.15) is 31.0 Å². The number of nitrogens with zero attached hydrogens (tertiary/aromatic N) is 2. The fourth-order valence-electron chi connectivity index (χ4n) is 2.71. The molecule has 0 fully saturated rings. The Kier molecular flexibility index (Phi) is 4.05. The Bertz CT molecular complexity index is 850. The molecule has 0 aliphatic heterocycles. The SMILES string of the molecule is CCCCc1nc2ccc(C)cn2c(=O)c1-c1ccccc1. The monoisotopic (exact) mass is 292 g/mol. The second kappa shape index (κ2) is 6.14. The first-order chi connectivity index (χ1) is 10.7. The highest BCUT2D eigenvalue weighted by Crippen LogP contribution is 2.21. The second-order valence-electron chi connectivity index (χ2n) is 5.64. The molecule has 0 bridgehead atoms. The van der Waals surface area contributed by atoms with Crippen LogP contribution in [0, 0.1) is 6.92 Å². The number of aromatic nitrogens is 2. The van der Waals surface area contributed by atoms with Crippen molar-refractivity contribution in [3.8, 4) is 11.1 Å². The maximum Gasteiger partial charge on any atom is 0.266 e. The van der Waals surface area contributed by atoms with Crippen molar-refractivity contribution in [2.24, 2.45) is 0 Å². The van der Waals surface area contributed by atoms with Gasteiger partial charge in [-0.2, -0.15) is 0 Å². The van der Waals surface area contributed by atoms with Gasteiger partial charge in [-0.05, 0) is 37.0 Å². The molecule has 0 saturated heterocycles. The van der Waals surface area contributed by atoms with Crippen LogP contribution in [0.4, 0.5) is 0 Å². The quantitative estimate of drug-likeness (QED) is 0.728. The minimum atomic E-state index is 0.0194. The molecule has 3 nitrogen and oxygen atoms in total. The first-order valence-electron chi connectivity index (χ1n) is 7.78. The number of hydrogen-bond acceptors (Lipinski definition) is 2. The molecule has 112 valence electrons. The Labute approximate surface area is 130 Å². The Morgan fingerprint density at radius 2 is 1.86 bits per heavy atom. The number of hydrogen-bond donors (Lipinski definition) is 0. The van der Waals surface area contributed by atoms with Crippen molar-refractivity contribution in [1.29, 1.82) is 0 Å². The van der Waals surface area contributed by atoms with Gasteiger partial charge in [-0.3, -0.25) is 9.20 Å². The highest BCUT2D eigenvalue weighted by Gasteiger charge is 2.14. The van der Waals surface area contributed by atoms with Gasteiger partial charge in [-0.15, -0.1) is 0 Å². The van der Waals surface area contributed by atoms with Gasteiger partial charge in [0, 0.05) is 6.20 Å². The summed E-state index contributed by atoms with van der Waals surface area (Å²) in [5, 5.41) is 0. The molecule has 3 aromatic rings. The average Bonchev–Trinajstić information content (AvgIpc) is 2.54. The number of aryl methyl sites for hydroxylation is 2. The van der Waals surface area contributed by atoms with E-state index in [1.807, 2.05) is 55.6 Å². The van der Waals surface area contributed by atoms with Crippen LogP contribution >= 0.6 is 0 Å². The van der Waals surface area contributed by atoms with Crippen molar-refractivity contribution >= 4 is 5.65 Å². The van der Waals surface area contributed by atoms with Crippen molar-refractivity contribution < 1.29 is 0 Å². The van der Waals surface area contributed by atoms with E-state index in [0.717, 1.165) is 47.3 Å². The van der Waals surface area contributed by atoms with Crippen LogP contribution in [0.5, 0.6) is 0 Å². The molecule has 0 aliphatic rings. The number of unbranched alkanes of at least 4 members (excludes halogenated alkanes) is 1. The third-order valence-electron chi connectivity index (χ3n) is 3.88. The molecule has 0 saturated carbocycles. The van der Waals surface area contributed by atoms with E-state index >= 15 is 0 Å². The zero-order valence-electron chi connectivity index (χ0n) is 13.0. The van der Waals surface area contributed by atoms with Gasteiger partial charge in [-0.1, -0.05) is 49.7 Å². The molecule has 0 aliphatic carbocycles. The van der Waals surface area contributed by atoms with Crippen LogP contribution < -0.4 is 5.56 Å². The number of fused-ring (bicyclic) bond motifs is 1. The maximum atomic E-state index is 13.0. The smallest absolute Gasteiger partial charge is 0.266 e. The lowest BCUT2D eigenvalue weighted by Gasteiger charge is -2.11. The number of benzene rings is 1. The van der Waals surface area contributed by atoms with Gasteiger partial charge in [0.1, 0.15) is 5.65 Å². The van der Waals surface area contributed by atoms with Crippen LogP contribution in [0.2, 0.25) is 0 Å². The molecule has 2 aromatic heterocycles. The van der Waals surface area contributed by atoms with Gasteiger partial charge in [0.05, 0.1) is 11.3 Å². The summed E-state index contributed by atoms with van der Waals surface area (Å²) in [7, 11) is 0. The first kappa shape index (κ1) is 14.5. The molecule has 0 atom stereocenters. The summed E-state index contributed by atoms with van der Waals surface area (Å²) in [5.41, 5.74) is 4.38. The van der Waals surface area contributed by atoms with E-state index in [1.54, 1.807) is 4.40 Å². The summed E-state index contributed by atoms with van der Waals surface area (Å²) in [6.07, 6.45) is 4.82. The molecule has 1 aromatic carbocycles. The first-order valence-corrected chi connectivity index (χ1v) is 7.78. The minimum absolute atomic E-state index is 0.0194. The highest BCUT2D eigenvalue weighted by atomic mass is 16.1. The summed E-state index contributed by atoms with van der Waals surface area (Å²) in [5.74, 6) is 0. The molecular formula is C19H20N2O.